The number of hydrogen-bond acceptors (Lipinski definition) is 4. The van der Waals surface area contributed by atoms with Crippen LogP contribution in [-0.4, -0.2) is 61.6 Å². The van der Waals surface area contributed by atoms with Gasteiger partial charge in [0.2, 0.25) is 10.0 Å². The summed E-state index contributed by atoms with van der Waals surface area (Å²) in [4.78, 5) is 1.54. The molecule has 1 saturated carbocycles. The van der Waals surface area contributed by atoms with Gasteiger partial charge >= 0.3 is 6.18 Å². The zero-order valence-corrected chi connectivity index (χ0v) is 12.5. The molecule has 1 heterocycles. The number of β-amino-alcohol motifs (C(OH)–C–C–N with tert-alkyl or cyclic N) is 1. The minimum Gasteiger partial charge on any atom is -0.391 e. The second kappa shape index (κ2) is 6.39. The highest BCUT2D eigenvalue weighted by atomic mass is 32.2. The standard InChI is InChI=1S/C12H21F3N2O3S/c13-12(14,15)5-10(18)6-17-7-11(8-17)21(19,20)16-9-3-1-2-4-9/h9-11,16,18H,1-8H2. The molecule has 0 aromatic rings. The first kappa shape index (κ1) is 17.0. The number of nitrogens with zero attached hydrogens (tertiary/aromatic N) is 1. The van der Waals surface area contributed by atoms with E-state index in [0.29, 0.717) is 0 Å². The van der Waals surface area contributed by atoms with Crippen molar-refractivity contribution in [2.45, 2.75) is 55.7 Å². The Labute approximate surface area is 122 Å². The van der Waals surface area contributed by atoms with Gasteiger partial charge in [0.05, 0.1) is 12.5 Å². The fourth-order valence-corrected chi connectivity index (χ4v) is 4.58. The van der Waals surface area contributed by atoms with E-state index in [2.05, 4.69) is 4.72 Å². The molecule has 2 aliphatic rings. The quantitative estimate of drug-likeness (QED) is 0.757. The van der Waals surface area contributed by atoms with Crippen LogP contribution in [0.2, 0.25) is 0 Å². The van der Waals surface area contributed by atoms with E-state index in [0.717, 1.165) is 25.7 Å². The Morgan fingerprint density at radius 2 is 1.81 bits per heavy atom. The third-order valence-electron chi connectivity index (χ3n) is 3.98. The van der Waals surface area contributed by atoms with Crippen molar-refractivity contribution in [2.75, 3.05) is 19.6 Å². The molecule has 0 aromatic heterocycles. The Hall–Kier alpha value is -0.380. The van der Waals surface area contributed by atoms with Crippen LogP contribution in [0.25, 0.3) is 0 Å². The second-order valence-electron chi connectivity index (χ2n) is 5.96. The maximum atomic E-state index is 12.1. The lowest BCUT2D eigenvalue weighted by atomic mass is 10.1. The minimum atomic E-state index is -4.40. The molecule has 0 radical (unpaired) electrons. The molecule has 1 saturated heterocycles. The van der Waals surface area contributed by atoms with Gasteiger partial charge in [-0.3, -0.25) is 4.90 Å². The number of rotatable bonds is 6. The van der Waals surface area contributed by atoms with Crippen molar-refractivity contribution in [3.63, 3.8) is 0 Å². The van der Waals surface area contributed by atoms with E-state index in [-0.39, 0.29) is 25.7 Å². The van der Waals surface area contributed by atoms with Gasteiger partial charge in [-0.15, -0.1) is 0 Å². The number of aliphatic hydroxyl groups excluding tert-OH is 1. The third kappa shape index (κ3) is 5.08. The van der Waals surface area contributed by atoms with E-state index in [4.69, 9.17) is 0 Å². The van der Waals surface area contributed by atoms with Gasteiger partial charge in [0.25, 0.3) is 0 Å². The Balaban J connectivity index is 1.72. The molecular weight excluding hydrogens is 309 g/mol. The van der Waals surface area contributed by atoms with Crippen LogP contribution in [-0.2, 0) is 10.0 Å². The lowest BCUT2D eigenvalue weighted by molar-refractivity contribution is -0.156. The minimum absolute atomic E-state index is 0.000121. The fraction of sp³-hybridized carbons (Fsp3) is 1.00. The summed E-state index contributed by atoms with van der Waals surface area (Å²) in [6, 6.07) is -0.000121. The van der Waals surface area contributed by atoms with Gasteiger partial charge in [0.1, 0.15) is 5.25 Å². The normalized spacial score (nSPS) is 24.2. The van der Waals surface area contributed by atoms with Gasteiger partial charge in [0, 0.05) is 25.7 Å². The van der Waals surface area contributed by atoms with Crippen LogP contribution < -0.4 is 4.72 Å². The molecule has 0 bridgehead atoms. The number of alkyl halides is 3. The van der Waals surface area contributed by atoms with Gasteiger partial charge in [-0.2, -0.15) is 13.2 Å². The van der Waals surface area contributed by atoms with Gasteiger partial charge in [0.15, 0.2) is 0 Å². The van der Waals surface area contributed by atoms with E-state index in [1.807, 2.05) is 0 Å². The number of sulfonamides is 1. The molecule has 124 valence electrons. The van der Waals surface area contributed by atoms with E-state index in [1.54, 1.807) is 0 Å². The van der Waals surface area contributed by atoms with Crippen LogP contribution in [0.1, 0.15) is 32.1 Å². The summed E-state index contributed by atoms with van der Waals surface area (Å²) in [5, 5.41) is 8.73. The first-order valence-electron chi connectivity index (χ1n) is 7.14. The average molecular weight is 330 g/mol. The predicted octanol–water partition coefficient (Wildman–Crippen LogP) is 0.846. The average Bonchev–Trinajstić information content (AvgIpc) is 2.71. The summed E-state index contributed by atoms with van der Waals surface area (Å²) in [6.45, 7) is 0.211. The summed E-state index contributed by atoms with van der Waals surface area (Å²) in [5.74, 6) is 0. The maximum Gasteiger partial charge on any atom is 0.391 e. The van der Waals surface area contributed by atoms with Crippen molar-refractivity contribution in [3.8, 4) is 0 Å². The highest BCUT2D eigenvalue weighted by Gasteiger charge is 2.40. The Bertz CT molecular complexity index is 443. The molecule has 0 amide bonds. The van der Waals surface area contributed by atoms with Crippen LogP contribution >= 0.6 is 0 Å². The van der Waals surface area contributed by atoms with Crippen molar-refractivity contribution < 1.29 is 26.7 Å². The molecule has 1 atom stereocenters. The molecule has 2 fully saturated rings. The molecule has 5 nitrogen and oxygen atoms in total. The van der Waals surface area contributed by atoms with Crippen molar-refractivity contribution >= 4 is 10.0 Å². The second-order valence-corrected chi connectivity index (χ2v) is 7.95. The number of likely N-dealkylation sites (tertiary alicyclic amines) is 1. The largest absolute Gasteiger partial charge is 0.391 e. The molecule has 1 aliphatic heterocycles. The van der Waals surface area contributed by atoms with Crippen LogP contribution in [0.5, 0.6) is 0 Å². The third-order valence-corrected chi connectivity index (χ3v) is 5.82. The first-order chi connectivity index (χ1) is 9.66. The smallest absolute Gasteiger partial charge is 0.391 e. The van der Waals surface area contributed by atoms with Crippen molar-refractivity contribution in [2.24, 2.45) is 0 Å². The lowest BCUT2D eigenvalue weighted by Gasteiger charge is -2.40. The Kier molecular flexibility index (Phi) is 5.17. The van der Waals surface area contributed by atoms with Crippen LogP contribution in [0, 0.1) is 0 Å². The molecule has 2 rings (SSSR count). The summed E-state index contributed by atoms with van der Waals surface area (Å²) in [7, 11) is -3.41. The SMILES string of the molecule is O=S(=O)(NC1CCCC1)C1CN(CC(O)CC(F)(F)F)C1. The van der Waals surface area contributed by atoms with Crippen LogP contribution in [0.15, 0.2) is 0 Å². The molecule has 1 unspecified atom stereocenters. The molecule has 21 heavy (non-hydrogen) atoms. The summed E-state index contributed by atoms with van der Waals surface area (Å²) in [5.41, 5.74) is 0. The zero-order valence-electron chi connectivity index (χ0n) is 11.6. The molecule has 9 heteroatoms. The Morgan fingerprint density at radius 1 is 1.24 bits per heavy atom. The van der Waals surface area contributed by atoms with Crippen molar-refractivity contribution in [1.82, 2.24) is 9.62 Å². The summed E-state index contributed by atoms with van der Waals surface area (Å²) < 4.78 is 63.0. The number of halogens is 3. The number of aliphatic hydroxyl groups is 1. The topological polar surface area (TPSA) is 69.6 Å². The molecule has 2 N–H and O–H groups in total. The first-order valence-corrected chi connectivity index (χ1v) is 8.69. The monoisotopic (exact) mass is 330 g/mol. The van der Waals surface area contributed by atoms with Gasteiger partial charge in [-0.1, -0.05) is 12.8 Å². The number of nitrogens with one attached hydrogen (secondary N) is 1. The van der Waals surface area contributed by atoms with E-state index < -0.39 is 34.0 Å². The molecule has 0 spiro atoms. The van der Waals surface area contributed by atoms with Gasteiger partial charge in [-0.25, -0.2) is 13.1 Å². The van der Waals surface area contributed by atoms with E-state index >= 15 is 0 Å². The van der Waals surface area contributed by atoms with Crippen LogP contribution in [0.3, 0.4) is 0 Å². The Morgan fingerprint density at radius 3 is 2.33 bits per heavy atom. The zero-order chi connectivity index (χ0) is 15.7. The van der Waals surface area contributed by atoms with Gasteiger partial charge in [-0.05, 0) is 12.8 Å². The van der Waals surface area contributed by atoms with Crippen molar-refractivity contribution in [1.29, 1.82) is 0 Å². The summed E-state index contributed by atoms with van der Waals surface area (Å²) >= 11 is 0. The molecular formula is C12H21F3N2O3S. The molecule has 1 aliphatic carbocycles. The van der Waals surface area contributed by atoms with E-state index in [1.165, 1.54) is 4.90 Å². The molecule has 0 aromatic carbocycles. The van der Waals surface area contributed by atoms with E-state index in [9.17, 15) is 26.7 Å². The highest BCUT2D eigenvalue weighted by Crippen LogP contribution is 2.25. The number of hydrogen-bond donors (Lipinski definition) is 2. The lowest BCUT2D eigenvalue weighted by Crippen LogP contribution is -2.59. The van der Waals surface area contributed by atoms with Gasteiger partial charge < -0.3 is 5.11 Å². The predicted molar refractivity (Wildman–Crippen MR) is 71.2 cm³/mol. The maximum absolute atomic E-state index is 12.1. The fourth-order valence-electron chi connectivity index (χ4n) is 2.87. The van der Waals surface area contributed by atoms with Crippen LogP contribution in [0.4, 0.5) is 13.2 Å². The van der Waals surface area contributed by atoms with Crippen molar-refractivity contribution in [3.05, 3.63) is 0 Å². The summed E-state index contributed by atoms with van der Waals surface area (Å²) in [6.07, 6.45) is -3.43. The highest BCUT2D eigenvalue weighted by molar-refractivity contribution is 7.90.